The molecular weight excluding hydrogens is 424 g/mol. The van der Waals surface area contributed by atoms with Crippen LogP contribution in [0.5, 0.6) is 5.75 Å². The van der Waals surface area contributed by atoms with Crippen molar-refractivity contribution in [2.24, 2.45) is 0 Å². The molecule has 0 aromatic heterocycles. The summed E-state index contributed by atoms with van der Waals surface area (Å²) in [7, 11) is 0. The van der Waals surface area contributed by atoms with E-state index in [0.717, 1.165) is 20.5 Å². The number of halogens is 1. The summed E-state index contributed by atoms with van der Waals surface area (Å²) in [6.45, 7) is 6.11. The maximum absolute atomic E-state index is 13.0. The van der Waals surface area contributed by atoms with Crippen LogP contribution in [0.25, 0.3) is 6.08 Å². The fourth-order valence-electron chi connectivity index (χ4n) is 2.83. The molecule has 1 aliphatic rings. The molecule has 1 fully saturated rings. The molecule has 144 valence electrons. The molecule has 6 nitrogen and oxygen atoms in total. The van der Waals surface area contributed by atoms with Crippen molar-refractivity contribution < 1.29 is 19.1 Å². The predicted molar refractivity (Wildman–Crippen MR) is 110 cm³/mol. The Hall–Kier alpha value is -2.93. The van der Waals surface area contributed by atoms with Gasteiger partial charge in [-0.1, -0.05) is 22.0 Å². The normalized spacial score (nSPS) is 15.8. The smallest absolute Gasteiger partial charge is 0.335 e. The third-order valence-electron chi connectivity index (χ3n) is 4.42. The minimum Gasteiger partial charge on any atom is -0.493 e. The number of imide groups is 2. The Balaban J connectivity index is 2.06. The Kier molecular flexibility index (Phi) is 5.65. The zero-order valence-corrected chi connectivity index (χ0v) is 17.3. The van der Waals surface area contributed by atoms with E-state index in [9.17, 15) is 14.4 Å². The first-order chi connectivity index (χ1) is 13.3. The van der Waals surface area contributed by atoms with Gasteiger partial charge in [-0.2, -0.15) is 0 Å². The number of hydrogen-bond donors (Lipinski definition) is 1. The number of nitrogens with zero attached hydrogens (tertiary/aromatic N) is 1. The molecule has 0 spiro atoms. The number of ether oxygens (including phenoxy) is 1. The van der Waals surface area contributed by atoms with Crippen LogP contribution in [0.1, 0.15) is 23.6 Å². The number of anilines is 1. The Labute approximate surface area is 171 Å². The van der Waals surface area contributed by atoms with Gasteiger partial charge in [-0.3, -0.25) is 14.9 Å². The molecule has 2 aromatic rings. The van der Waals surface area contributed by atoms with Crippen molar-refractivity contribution in [2.45, 2.75) is 20.8 Å². The summed E-state index contributed by atoms with van der Waals surface area (Å²) in [5.74, 6) is -0.884. The fraction of sp³-hybridized carbons (Fsp3) is 0.190. The van der Waals surface area contributed by atoms with Gasteiger partial charge >= 0.3 is 6.03 Å². The molecule has 1 saturated heterocycles. The van der Waals surface area contributed by atoms with Gasteiger partial charge in [0.15, 0.2) is 0 Å². The molecule has 1 aliphatic heterocycles. The summed E-state index contributed by atoms with van der Waals surface area (Å²) >= 11 is 3.38. The highest BCUT2D eigenvalue weighted by atomic mass is 79.9. The van der Waals surface area contributed by atoms with E-state index in [1.165, 1.54) is 6.08 Å². The zero-order chi connectivity index (χ0) is 20.4. The van der Waals surface area contributed by atoms with Crippen LogP contribution in [0.3, 0.4) is 0 Å². The SMILES string of the molecule is CCOc1ccc(Br)cc1/C=C1\C(=O)NC(=O)N(c2ccc(C)c(C)c2)C1=O. The molecule has 1 heterocycles. The molecule has 2 aromatic carbocycles. The molecule has 0 saturated carbocycles. The van der Waals surface area contributed by atoms with Gasteiger partial charge in [0.05, 0.1) is 12.3 Å². The van der Waals surface area contributed by atoms with E-state index in [2.05, 4.69) is 21.2 Å². The zero-order valence-electron chi connectivity index (χ0n) is 15.7. The van der Waals surface area contributed by atoms with Crippen LogP contribution in [-0.4, -0.2) is 24.5 Å². The number of carbonyl (C=O) groups excluding carboxylic acids is 3. The molecule has 1 N–H and O–H groups in total. The van der Waals surface area contributed by atoms with Crippen molar-refractivity contribution in [1.82, 2.24) is 5.32 Å². The van der Waals surface area contributed by atoms with Gasteiger partial charge in [-0.15, -0.1) is 0 Å². The molecule has 0 aliphatic carbocycles. The number of urea groups is 1. The molecule has 28 heavy (non-hydrogen) atoms. The van der Waals surface area contributed by atoms with Gasteiger partial charge in [-0.25, -0.2) is 9.69 Å². The fourth-order valence-corrected chi connectivity index (χ4v) is 3.21. The predicted octanol–water partition coefficient (Wildman–Crippen LogP) is 4.13. The minimum absolute atomic E-state index is 0.142. The summed E-state index contributed by atoms with van der Waals surface area (Å²) < 4.78 is 6.35. The van der Waals surface area contributed by atoms with Gasteiger partial charge in [-0.05, 0) is 68.3 Å². The number of carbonyl (C=O) groups is 3. The second kappa shape index (κ2) is 7.98. The Morgan fingerprint density at radius 2 is 1.82 bits per heavy atom. The maximum atomic E-state index is 13.0. The van der Waals surface area contributed by atoms with Crippen LogP contribution in [0.2, 0.25) is 0 Å². The second-order valence-corrected chi connectivity index (χ2v) is 7.26. The van der Waals surface area contributed by atoms with Crippen molar-refractivity contribution in [3.63, 3.8) is 0 Å². The van der Waals surface area contributed by atoms with Crippen molar-refractivity contribution >= 4 is 45.5 Å². The number of amides is 4. The van der Waals surface area contributed by atoms with E-state index in [1.807, 2.05) is 26.8 Å². The molecule has 4 amide bonds. The maximum Gasteiger partial charge on any atom is 0.335 e. The Morgan fingerprint density at radius 1 is 1.07 bits per heavy atom. The van der Waals surface area contributed by atoms with Crippen LogP contribution < -0.4 is 15.0 Å². The van der Waals surface area contributed by atoms with Crippen LogP contribution in [0, 0.1) is 13.8 Å². The number of barbiturate groups is 1. The third kappa shape index (κ3) is 3.84. The van der Waals surface area contributed by atoms with E-state index in [-0.39, 0.29) is 5.57 Å². The molecule has 3 rings (SSSR count). The van der Waals surface area contributed by atoms with Gasteiger partial charge in [0.25, 0.3) is 11.8 Å². The number of nitrogens with one attached hydrogen (secondary N) is 1. The lowest BCUT2D eigenvalue weighted by molar-refractivity contribution is -0.122. The molecule has 0 radical (unpaired) electrons. The highest BCUT2D eigenvalue weighted by Gasteiger charge is 2.37. The first-order valence-electron chi connectivity index (χ1n) is 8.73. The van der Waals surface area contributed by atoms with Crippen LogP contribution in [0.15, 0.2) is 46.4 Å². The highest BCUT2D eigenvalue weighted by Crippen LogP contribution is 2.28. The number of aryl methyl sites for hydroxylation is 2. The summed E-state index contributed by atoms with van der Waals surface area (Å²) in [5.41, 5.74) is 2.80. The molecule has 0 bridgehead atoms. The van der Waals surface area contributed by atoms with E-state index in [4.69, 9.17) is 4.74 Å². The van der Waals surface area contributed by atoms with Gasteiger partial charge in [0, 0.05) is 10.0 Å². The Bertz CT molecular complexity index is 1010. The summed E-state index contributed by atoms with van der Waals surface area (Å²) in [6.07, 6.45) is 1.44. The summed E-state index contributed by atoms with van der Waals surface area (Å²) in [5, 5.41) is 2.24. The number of benzene rings is 2. The lowest BCUT2D eigenvalue weighted by atomic mass is 10.0. The van der Waals surface area contributed by atoms with Crippen molar-refractivity contribution in [2.75, 3.05) is 11.5 Å². The van der Waals surface area contributed by atoms with Gasteiger partial charge in [0.1, 0.15) is 11.3 Å². The Morgan fingerprint density at radius 3 is 2.50 bits per heavy atom. The summed E-state index contributed by atoms with van der Waals surface area (Å²) in [4.78, 5) is 38.7. The van der Waals surface area contributed by atoms with E-state index in [0.29, 0.717) is 23.6 Å². The van der Waals surface area contributed by atoms with E-state index >= 15 is 0 Å². The van der Waals surface area contributed by atoms with Crippen LogP contribution >= 0.6 is 15.9 Å². The van der Waals surface area contributed by atoms with Gasteiger partial charge in [0.2, 0.25) is 0 Å². The molecule has 7 heteroatoms. The van der Waals surface area contributed by atoms with E-state index in [1.54, 1.807) is 30.3 Å². The average Bonchev–Trinajstić information content (AvgIpc) is 2.63. The lowest BCUT2D eigenvalue weighted by Gasteiger charge is -2.27. The standard InChI is InChI=1S/C21H19BrN2O4/c1-4-28-18-8-6-15(22)10-14(18)11-17-19(25)23-21(27)24(20(17)26)16-7-5-12(2)13(3)9-16/h5-11H,4H2,1-3H3,(H,23,25,27)/b17-11+. The minimum atomic E-state index is -0.769. The highest BCUT2D eigenvalue weighted by molar-refractivity contribution is 9.10. The number of rotatable bonds is 4. The van der Waals surface area contributed by atoms with Gasteiger partial charge < -0.3 is 4.74 Å². The quantitative estimate of drug-likeness (QED) is 0.570. The average molecular weight is 443 g/mol. The first kappa shape index (κ1) is 19.8. The van der Waals surface area contributed by atoms with Crippen LogP contribution in [-0.2, 0) is 9.59 Å². The van der Waals surface area contributed by atoms with Crippen molar-refractivity contribution in [1.29, 1.82) is 0 Å². The van der Waals surface area contributed by atoms with Crippen LogP contribution in [0.4, 0.5) is 10.5 Å². The number of hydrogen-bond acceptors (Lipinski definition) is 4. The van der Waals surface area contributed by atoms with Crippen molar-refractivity contribution in [3.05, 3.63) is 63.1 Å². The second-order valence-electron chi connectivity index (χ2n) is 6.34. The van der Waals surface area contributed by atoms with E-state index < -0.39 is 17.8 Å². The summed E-state index contributed by atoms with van der Waals surface area (Å²) in [6, 6.07) is 9.78. The van der Waals surface area contributed by atoms with Crippen molar-refractivity contribution in [3.8, 4) is 5.75 Å². The largest absolute Gasteiger partial charge is 0.493 e. The first-order valence-corrected chi connectivity index (χ1v) is 9.52. The topological polar surface area (TPSA) is 75.7 Å². The molecular formula is C21H19BrN2O4. The molecule has 0 unspecified atom stereocenters. The monoisotopic (exact) mass is 442 g/mol. The third-order valence-corrected chi connectivity index (χ3v) is 4.92. The molecule has 0 atom stereocenters. The lowest BCUT2D eigenvalue weighted by Crippen LogP contribution is -2.54.